The van der Waals surface area contributed by atoms with Crippen LogP contribution in [0, 0.1) is 0 Å². The van der Waals surface area contributed by atoms with Crippen LogP contribution >= 0.6 is 23.2 Å². The predicted octanol–water partition coefficient (Wildman–Crippen LogP) is 2.50. The lowest BCUT2D eigenvalue weighted by molar-refractivity contribution is 0.264. The average Bonchev–Trinajstić information content (AvgIpc) is 2.83. The highest BCUT2D eigenvalue weighted by Crippen LogP contribution is 2.37. The maximum atomic E-state index is 12.8. The molecule has 1 fully saturated rings. The van der Waals surface area contributed by atoms with Gasteiger partial charge in [0.2, 0.25) is 10.0 Å². The van der Waals surface area contributed by atoms with Gasteiger partial charge in [-0.15, -0.1) is 0 Å². The van der Waals surface area contributed by atoms with Gasteiger partial charge in [0.15, 0.2) is 0 Å². The van der Waals surface area contributed by atoms with Crippen molar-refractivity contribution in [3.63, 3.8) is 0 Å². The molecule has 0 bridgehead atoms. The number of nitrogens with two attached hydrogens (primary N) is 1. The Morgan fingerprint density at radius 1 is 1.33 bits per heavy atom. The number of nitrogen functional groups attached to an aromatic ring is 1. The number of benzene rings is 1. The van der Waals surface area contributed by atoms with Crippen LogP contribution in [0.5, 0.6) is 0 Å². The highest BCUT2D eigenvalue weighted by molar-refractivity contribution is 7.89. The molecule has 1 aliphatic heterocycles. The zero-order chi connectivity index (χ0) is 15.6. The summed E-state index contributed by atoms with van der Waals surface area (Å²) in [5.74, 6) is 0. The third-order valence-electron chi connectivity index (χ3n) is 3.61. The summed E-state index contributed by atoms with van der Waals surface area (Å²) in [6.07, 6.45) is 2.77. The van der Waals surface area contributed by atoms with E-state index in [9.17, 15) is 8.42 Å². The molecule has 118 valence electrons. The van der Waals surface area contributed by atoms with Gasteiger partial charge in [0.05, 0.1) is 10.0 Å². The third kappa shape index (κ3) is 3.46. The van der Waals surface area contributed by atoms with Crippen molar-refractivity contribution in [1.29, 1.82) is 0 Å². The Morgan fingerprint density at radius 3 is 2.52 bits per heavy atom. The maximum Gasteiger partial charge on any atom is 0.246 e. The van der Waals surface area contributed by atoms with E-state index in [4.69, 9.17) is 34.0 Å². The Bertz CT molecular complexity index is 599. The quantitative estimate of drug-likeness (QED) is 0.797. The number of rotatable bonds is 5. The van der Waals surface area contributed by atoms with Crippen LogP contribution in [0.1, 0.15) is 25.7 Å². The number of hydrogen-bond acceptors (Lipinski definition) is 4. The second-order valence-corrected chi connectivity index (χ2v) is 7.73. The molecular weight excluding hydrogens is 335 g/mol. The van der Waals surface area contributed by atoms with E-state index in [1.54, 1.807) is 0 Å². The van der Waals surface area contributed by atoms with Gasteiger partial charge >= 0.3 is 0 Å². The number of anilines is 1. The van der Waals surface area contributed by atoms with Crippen LogP contribution in [0.25, 0.3) is 0 Å². The molecule has 1 saturated heterocycles. The fraction of sp³-hybridized carbons (Fsp3) is 0.538. The van der Waals surface area contributed by atoms with Crippen molar-refractivity contribution >= 4 is 38.9 Å². The third-order valence-corrected chi connectivity index (χ3v) is 6.48. The number of sulfonamides is 1. The Kier molecular flexibility index (Phi) is 5.38. The van der Waals surface area contributed by atoms with Crippen LogP contribution in [0.4, 0.5) is 5.69 Å². The smallest absolute Gasteiger partial charge is 0.246 e. The molecule has 2 rings (SSSR count). The van der Waals surface area contributed by atoms with Crippen molar-refractivity contribution < 1.29 is 13.5 Å². The Hall–Kier alpha value is -0.530. The van der Waals surface area contributed by atoms with Crippen LogP contribution in [-0.2, 0) is 10.0 Å². The minimum Gasteiger partial charge on any atom is -0.399 e. The van der Waals surface area contributed by atoms with Gasteiger partial charge in [-0.05, 0) is 37.8 Å². The van der Waals surface area contributed by atoms with Crippen molar-refractivity contribution in [3.8, 4) is 0 Å². The number of hydrogen-bond donors (Lipinski definition) is 2. The van der Waals surface area contributed by atoms with E-state index >= 15 is 0 Å². The van der Waals surface area contributed by atoms with Crippen LogP contribution in [0.3, 0.4) is 0 Å². The van der Waals surface area contributed by atoms with Crippen molar-refractivity contribution in [3.05, 3.63) is 22.2 Å². The van der Waals surface area contributed by atoms with E-state index in [2.05, 4.69) is 0 Å². The maximum absolute atomic E-state index is 12.8. The molecule has 1 atom stereocenters. The van der Waals surface area contributed by atoms with Crippen molar-refractivity contribution in [2.75, 3.05) is 18.9 Å². The van der Waals surface area contributed by atoms with E-state index < -0.39 is 10.0 Å². The molecule has 1 aromatic rings. The van der Waals surface area contributed by atoms with Gasteiger partial charge in [-0.3, -0.25) is 0 Å². The van der Waals surface area contributed by atoms with Gasteiger partial charge in [-0.1, -0.05) is 23.2 Å². The largest absolute Gasteiger partial charge is 0.399 e. The summed E-state index contributed by atoms with van der Waals surface area (Å²) in [7, 11) is -3.76. The minimum absolute atomic E-state index is 0.0350. The van der Waals surface area contributed by atoms with Crippen LogP contribution < -0.4 is 5.73 Å². The van der Waals surface area contributed by atoms with Gasteiger partial charge in [-0.25, -0.2) is 8.42 Å². The van der Waals surface area contributed by atoms with E-state index in [-0.39, 0.29) is 27.6 Å². The number of nitrogens with zero attached hydrogens (tertiary/aromatic N) is 1. The van der Waals surface area contributed by atoms with E-state index in [1.807, 2.05) is 0 Å². The second-order valence-electron chi connectivity index (χ2n) is 5.09. The summed E-state index contributed by atoms with van der Waals surface area (Å²) in [5, 5.41) is 9.00. The Labute approximate surface area is 134 Å². The number of halogens is 2. The topological polar surface area (TPSA) is 83.6 Å². The zero-order valence-electron chi connectivity index (χ0n) is 11.4. The summed E-state index contributed by atoms with van der Waals surface area (Å²) in [6.45, 7) is 0.489. The molecule has 0 spiro atoms. The first-order valence-corrected chi connectivity index (χ1v) is 8.94. The lowest BCUT2D eigenvalue weighted by Gasteiger charge is -2.25. The SMILES string of the molecule is Nc1cc(Cl)c(S(=O)(=O)N2CCCC2CCCO)c(Cl)c1. The molecule has 1 aliphatic rings. The molecule has 0 aromatic heterocycles. The van der Waals surface area contributed by atoms with Gasteiger partial charge < -0.3 is 10.8 Å². The number of aliphatic hydroxyl groups excluding tert-OH is 1. The number of aliphatic hydroxyl groups is 1. The molecule has 1 heterocycles. The molecule has 3 N–H and O–H groups in total. The summed E-state index contributed by atoms with van der Waals surface area (Å²) in [5.41, 5.74) is 5.93. The summed E-state index contributed by atoms with van der Waals surface area (Å²) >= 11 is 12.1. The fourth-order valence-corrected chi connectivity index (χ4v) is 5.59. The zero-order valence-corrected chi connectivity index (χ0v) is 13.8. The molecule has 8 heteroatoms. The minimum atomic E-state index is -3.76. The van der Waals surface area contributed by atoms with Crippen LogP contribution in [0.2, 0.25) is 10.0 Å². The van der Waals surface area contributed by atoms with Crippen molar-refractivity contribution in [2.45, 2.75) is 36.6 Å². The fourth-order valence-electron chi connectivity index (χ4n) is 2.68. The summed E-state index contributed by atoms with van der Waals surface area (Å²) in [6, 6.07) is 2.66. The first-order valence-electron chi connectivity index (χ1n) is 6.75. The molecule has 1 unspecified atom stereocenters. The molecular formula is C13H18Cl2N2O3S. The van der Waals surface area contributed by atoms with Gasteiger partial charge in [0.1, 0.15) is 4.90 Å². The van der Waals surface area contributed by atoms with Crippen molar-refractivity contribution in [1.82, 2.24) is 4.31 Å². The molecule has 0 aliphatic carbocycles. The first-order chi connectivity index (χ1) is 9.87. The lowest BCUT2D eigenvalue weighted by Crippen LogP contribution is -2.36. The standard InChI is InChI=1S/C13H18Cl2N2O3S/c14-11-7-9(16)8-12(15)13(11)21(19,20)17-5-1-3-10(17)4-2-6-18/h7-8,10,18H,1-6,16H2. The highest BCUT2D eigenvalue weighted by Gasteiger charge is 2.37. The highest BCUT2D eigenvalue weighted by atomic mass is 35.5. The van der Waals surface area contributed by atoms with Crippen LogP contribution in [0.15, 0.2) is 17.0 Å². The lowest BCUT2D eigenvalue weighted by atomic mass is 10.1. The Morgan fingerprint density at radius 2 is 1.95 bits per heavy atom. The molecule has 1 aromatic carbocycles. The monoisotopic (exact) mass is 352 g/mol. The Balaban J connectivity index is 2.38. The normalized spacial score (nSPS) is 20.0. The van der Waals surface area contributed by atoms with Gasteiger partial charge in [-0.2, -0.15) is 4.31 Å². The summed E-state index contributed by atoms with van der Waals surface area (Å²) < 4.78 is 27.1. The van der Waals surface area contributed by atoms with Crippen molar-refractivity contribution in [2.24, 2.45) is 0 Å². The first kappa shape index (κ1) is 16.8. The van der Waals surface area contributed by atoms with E-state index in [0.29, 0.717) is 25.1 Å². The molecule has 0 amide bonds. The predicted molar refractivity (Wildman–Crippen MR) is 84.1 cm³/mol. The van der Waals surface area contributed by atoms with Crippen LogP contribution in [-0.4, -0.2) is 37.0 Å². The van der Waals surface area contributed by atoms with Gasteiger partial charge in [0, 0.05) is 24.9 Å². The summed E-state index contributed by atoms with van der Waals surface area (Å²) in [4.78, 5) is -0.0871. The molecule has 21 heavy (non-hydrogen) atoms. The molecule has 0 radical (unpaired) electrons. The van der Waals surface area contributed by atoms with Gasteiger partial charge in [0.25, 0.3) is 0 Å². The molecule has 5 nitrogen and oxygen atoms in total. The van der Waals surface area contributed by atoms with E-state index in [1.165, 1.54) is 16.4 Å². The second kappa shape index (κ2) is 6.71. The van der Waals surface area contributed by atoms with E-state index in [0.717, 1.165) is 12.8 Å². The molecule has 0 saturated carbocycles. The average molecular weight is 353 g/mol.